The summed E-state index contributed by atoms with van der Waals surface area (Å²) >= 11 is 5.66. The number of benzene rings is 1. The molecule has 1 N–H and O–H groups in total. The third kappa shape index (κ3) is 3.12. The van der Waals surface area contributed by atoms with Gasteiger partial charge in [0.1, 0.15) is 17.3 Å². The Bertz CT molecular complexity index is 1290. The van der Waals surface area contributed by atoms with Crippen molar-refractivity contribution < 1.29 is 27.8 Å². The lowest BCUT2D eigenvalue weighted by atomic mass is 9.79. The average Bonchev–Trinajstić information content (AvgIpc) is 3.40. The lowest BCUT2D eigenvalue weighted by Crippen LogP contribution is -2.50. The van der Waals surface area contributed by atoms with E-state index in [1.807, 2.05) is 0 Å². The minimum atomic E-state index is -0.592. The Labute approximate surface area is 198 Å². The Morgan fingerprint density at radius 1 is 1.18 bits per heavy atom. The molecule has 2 heterocycles. The highest BCUT2D eigenvalue weighted by atomic mass is 35.5. The van der Waals surface area contributed by atoms with E-state index in [4.69, 9.17) is 30.2 Å². The first-order valence-electron chi connectivity index (χ1n) is 10.7. The molecule has 11 heteroatoms. The maximum atomic E-state index is 13.5. The summed E-state index contributed by atoms with van der Waals surface area (Å²) in [4.78, 5) is 16.5. The van der Waals surface area contributed by atoms with Crippen molar-refractivity contribution in [3.63, 3.8) is 0 Å². The van der Waals surface area contributed by atoms with E-state index in [9.17, 15) is 9.18 Å². The monoisotopic (exact) mass is 486 g/mol. The van der Waals surface area contributed by atoms with Crippen LogP contribution in [0.15, 0.2) is 40.9 Å². The van der Waals surface area contributed by atoms with Crippen LogP contribution in [0.2, 0.25) is 5.02 Å². The van der Waals surface area contributed by atoms with Gasteiger partial charge in [-0.05, 0) is 37.5 Å². The molecule has 3 fully saturated rings. The van der Waals surface area contributed by atoms with Crippen LogP contribution in [0.5, 0.6) is 17.4 Å². The maximum absolute atomic E-state index is 13.5. The van der Waals surface area contributed by atoms with E-state index in [2.05, 4.69) is 20.5 Å². The highest BCUT2D eigenvalue weighted by Crippen LogP contribution is 2.95. The number of ether oxygens (including phenoxy) is 3. The first-order valence-corrected chi connectivity index (χ1v) is 11.1. The van der Waals surface area contributed by atoms with Crippen molar-refractivity contribution in [2.24, 2.45) is 5.41 Å². The molecule has 3 unspecified atom stereocenters. The minimum absolute atomic E-state index is 0.00337. The van der Waals surface area contributed by atoms with Gasteiger partial charge < -0.3 is 23.9 Å². The van der Waals surface area contributed by atoms with Crippen LogP contribution in [0.25, 0.3) is 0 Å². The molecule has 176 valence electrons. The van der Waals surface area contributed by atoms with Crippen molar-refractivity contribution >= 4 is 17.5 Å². The van der Waals surface area contributed by atoms with E-state index in [-0.39, 0.29) is 46.3 Å². The van der Waals surface area contributed by atoms with Crippen LogP contribution < -0.4 is 19.5 Å². The van der Waals surface area contributed by atoms with Crippen LogP contribution in [0.4, 0.5) is 4.39 Å². The number of nitrogens with zero attached hydrogens (tertiary/aromatic N) is 3. The molecule has 1 spiro atoms. The molecule has 6 rings (SSSR count). The highest BCUT2D eigenvalue weighted by Gasteiger charge is 2.99. The zero-order valence-electron chi connectivity index (χ0n) is 18.1. The van der Waals surface area contributed by atoms with Gasteiger partial charge in [-0.3, -0.25) is 4.79 Å². The molecule has 2 aromatic heterocycles. The SMILES string of the molecule is COc1ccc(OCc2nnc(C34CC5(NC(=O)COc6ccc(Cl)c(F)c6)CC53C4)o2)cn1. The van der Waals surface area contributed by atoms with Gasteiger partial charge in [-0.25, -0.2) is 9.37 Å². The number of halogens is 2. The molecule has 3 saturated carbocycles. The third-order valence-electron chi connectivity index (χ3n) is 7.19. The predicted molar refractivity (Wildman–Crippen MR) is 115 cm³/mol. The van der Waals surface area contributed by atoms with E-state index >= 15 is 0 Å². The molecule has 3 atom stereocenters. The van der Waals surface area contributed by atoms with Crippen molar-refractivity contribution in [2.75, 3.05) is 13.7 Å². The Balaban J connectivity index is 1.02. The first-order chi connectivity index (χ1) is 16.4. The van der Waals surface area contributed by atoms with Gasteiger partial charge in [-0.2, -0.15) is 0 Å². The summed E-state index contributed by atoms with van der Waals surface area (Å²) in [5.41, 5.74) is -0.446. The predicted octanol–water partition coefficient (Wildman–Crippen LogP) is 3.21. The lowest BCUT2D eigenvalue weighted by Gasteiger charge is -2.32. The number of carbonyl (C=O) groups is 1. The summed E-state index contributed by atoms with van der Waals surface area (Å²) in [6, 6.07) is 7.52. The fraction of sp³-hybridized carbons (Fsp3) is 0.391. The largest absolute Gasteiger partial charge is 0.484 e. The zero-order chi connectivity index (χ0) is 23.6. The van der Waals surface area contributed by atoms with Gasteiger partial charge in [0.2, 0.25) is 11.8 Å². The lowest BCUT2D eigenvalue weighted by molar-refractivity contribution is -0.124. The van der Waals surface area contributed by atoms with Gasteiger partial charge >= 0.3 is 0 Å². The van der Waals surface area contributed by atoms with Gasteiger partial charge in [-0.15, -0.1) is 10.2 Å². The second-order valence-corrected chi connectivity index (χ2v) is 9.42. The number of aromatic nitrogens is 3. The van der Waals surface area contributed by atoms with Crippen LogP contribution in [-0.2, 0) is 16.8 Å². The molecular formula is C23H20ClFN4O5. The van der Waals surface area contributed by atoms with Crippen molar-refractivity contribution in [1.29, 1.82) is 0 Å². The average molecular weight is 487 g/mol. The molecule has 9 nitrogen and oxygen atoms in total. The smallest absolute Gasteiger partial charge is 0.258 e. The van der Waals surface area contributed by atoms with Crippen molar-refractivity contribution in [3.05, 3.63) is 59.1 Å². The van der Waals surface area contributed by atoms with Crippen LogP contribution in [0.1, 0.15) is 31.0 Å². The van der Waals surface area contributed by atoms with E-state index in [1.54, 1.807) is 25.4 Å². The Morgan fingerprint density at radius 2 is 2.03 bits per heavy atom. The Morgan fingerprint density at radius 3 is 2.76 bits per heavy atom. The fourth-order valence-electron chi connectivity index (χ4n) is 5.48. The molecule has 1 aromatic carbocycles. The van der Waals surface area contributed by atoms with Gasteiger partial charge in [-0.1, -0.05) is 11.6 Å². The Hall–Kier alpha value is -3.40. The number of carbonyl (C=O) groups excluding carboxylic acids is 1. The van der Waals surface area contributed by atoms with Gasteiger partial charge in [0.05, 0.1) is 23.7 Å². The van der Waals surface area contributed by atoms with Crippen LogP contribution in [0, 0.1) is 11.2 Å². The van der Waals surface area contributed by atoms with E-state index in [0.29, 0.717) is 23.4 Å². The molecule has 1 amide bonds. The van der Waals surface area contributed by atoms with Crippen LogP contribution in [0.3, 0.4) is 0 Å². The molecule has 0 bridgehead atoms. The molecular weight excluding hydrogens is 467 g/mol. The normalized spacial score (nSPS) is 27.6. The van der Waals surface area contributed by atoms with Crippen molar-refractivity contribution in [1.82, 2.24) is 20.5 Å². The minimum Gasteiger partial charge on any atom is -0.484 e. The van der Waals surface area contributed by atoms with Gasteiger partial charge in [0, 0.05) is 23.1 Å². The van der Waals surface area contributed by atoms with E-state index < -0.39 is 5.82 Å². The van der Waals surface area contributed by atoms with Crippen molar-refractivity contribution in [3.8, 4) is 17.4 Å². The summed E-state index contributed by atoms with van der Waals surface area (Å²) < 4.78 is 35.5. The van der Waals surface area contributed by atoms with Crippen molar-refractivity contribution in [2.45, 2.75) is 36.8 Å². The summed E-state index contributed by atoms with van der Waals surface area (Å²) in [6.07, 6.45) is 4.07. The molecule has 0 radical (unpaired) electrons. The quantitative estimate of drug-likeness (QED) is 0.491. The topological polar surface area (TPSA) is 109 Å². The number of rotatable bonds is 9. The fourth-order valence-corrected chi connectivity index (χ4v) is 5.60. The number of hydrogen-bond acceptors (Lipinski definition) is 8. The van der Waals surface area contributed by atoms with Gasteiger partial charge in [0.25, 0.3) is 11.8 Å². The second-order valence-electron chi connectivity index (χ2n) is 9.02. The standard InChI is InChI=1S/C23H20ClFN4O5/c1-31-18-5-3-14(7-26-18)33-9-19-28-29-20(34-19)21-10-22(21)12-23(22,11-21)27-17(30)8-32-13-2-4-15(24)16(25)6-13/h2-7H,8-12H2,1H3,(H,27,30). The van der Waals surface area contributed by atoms with Gasteiger partial charge in [0.15, 0.2) is 13.2 Å². The van der Waals surface area contributed by atoms with Crippen LogP contribution >= 0.6 is 11.6 Å². The highest BCUT2D eigenvalue weighted by molar-refractivity contribution is 6.30. The number of methoxy groups -OCH3 is 1. The number of pyridine rings is 1. The molecule has 3 aliphatic rings. The number of hydrogen-bond donors (Lipinski definition) is 1. The first kappa shape index (κ1) is 21.2. The summed E-state index contributed by atoms with van der Waals surface area (Å²) in [6.45, 7) is -0.0667. The molecule has 0 saturated heterocycles. The van der Waals surface area contributed by atoms with E-state index in [0.717, 1.165) is 25.3 Å². The molecule has 3 aliphatic carbocycles. The second kappa shape index (κ2) is 7.30. The summed E-state index contributed by atoms with van der Waals surface area (Å²) in [5, 5.41) is 11.5. The maximum Gasteiger partial charge on any atom is 0.258 e. The molecule has 3 aromatic rings. The molecule has 0 aliphatic heterocycles. The van der Waals surface area contributed by atoms with E-state index in [1.165, 1.54) is 12.1 Å². The molecule has 34 heavy (non-hydrogen) atoms. The zero-order valence-corrected chi connectivity index (χ0v) is 18.9. The summed E-state index contributed by atoms with van der Waals surface area (Å²) in [5.74, 6) is 1.45. The van der Waals surface area contributed by atoms with Crippen LogP contribution in [-0.4, -0.2) is 40.3 Å². The Kier molecular flexibility index (Phi) is 4.54. The summed E-state index contributed by atoms with van der Waals surface area (Å²) in [7, 11) is 1.55. The third-order valence-corrected chi connectivity index (χ3v) is 7.50. The number of amides is 1. The number of nitrogens with one attached hydrogen (secondary N) is 1.